The normalized spacial score (nSPS) is 10.5. The lowest BCUT2D eigenvalue weighted by molar-refractivity contribution is 0.0951. The van der Waals surface area contributed by atoms with Gasteiger partial charge < -0.3 is 10.6 Å². The van der Waals surface area contributed by atoms with Crippen LogP contribution in [0.5, 0.6) is 0 Å². The first-order valence-electron chi connectivity index (χ1n) is 10.2. The largest absolute Gasteiger partial charge is 0.348 e. The van der Waals surface area contributed by atoms with Gasteiger partial charge in [0.1, 0.15) is 0 Å². The van der Waals surface area contributed by atoms with E-state index in [0.29, 0.717) is 18.1 Å². The van der Waals surface area contributed by atoms with Gasteiger partial charge in [0, 0.05) is 35.8 Å². The molecule has 3 aromatic carbocycles. The van der Waals surface area contributed by atoms with Crippen LogP contribution in [0, 0.1) is 13.8 Å². The van der Waals surface area contributed by atoms with E-state index in [9.17, 15) is 4.79 Å². The number of hydrogen-bond donors (Lipinski definition) is 2. The molecule has 1 heterocycles. The third-order valence-electron chi connectivity index (χ3n) is 5.08. The minimum absolute atomic E-state index is 0.123. The van der Waals surface area contributed by atoms with Crippen LogP contribution in [0.25, 0.3) is 11.1 Å². The number of carbonyl (C=O) groups excluding carboxylic acids is 1. The summed E-state index contributed by atoms with van der Waals surface area (Å²) in [7, 11) is 0. The zero-order valence-corrected chi connectivity index (χ0v) is 17.6. The molecule has 4 rings (SSSR count). The molecule has 0 fully saturated rings. The molecule has 0 aliphatic rings. The van der Waals surface area contributed by atoms with Crippen LogP contribution in [-0.2, 0) is 6.54 Å². The van der Waals surface area contributed by atoms with Gasteiger partial charge in [-0.2, -0.15) is 0 Å². The first-order chi connectivity index (χ1) is 15.1. The van der Waals surface area contributed by atoms with Crippen LogP contribution in [0.1, 0.15) is 27.0 Å². The number of rotatable bonds is 6. The molecule has 0 bridgehead atoms. The number of carbonyl (C=O) groups is 1. The second-order valence-electron chi connectivity index (χ2n) is 7.48. The summed E-state index contributed by atoms with van der Waals surface area (Å²) in [5, 5.41) is 6.15. The summed E-state index contributed by atoms with van der Waals surface area (Å²) >= 11 is 0. The van der Waals surface area contributed by atoms with Crippen molar-refractivity contribution in [1.82, 2.24) is 15.3 Å². The lowest BCUT2D eigenvalue weighted by Crippen LogP contribution is -2.23. The third kappa shape index (κ3) is 5.14. The van der Waals surface area contributed by atoms with E-state index in [-0.39, 0.29) is 5.91 Å². The maximum Gasteiger partial charge on any atom is 0.251 e. The molecule has 0 aliphatic heterocycles. The van der Waals surface area contributed by atoms with Crippen molar-refractivity contribution >= 4 is 17.5 Å². The molecule has 0 aliphatic carbocycles. The van der Waals surface area contributed by atoms with Crippen LogP contribution < -0.4 is 10.6 Å². The summed E-state index contributed by atoms with van der Waals surface area (Å²) in [6, 6.07) is 23.6. The lowest BCUT2D eigenvalue weighted by atomic mass is 10.1. The number of anilines is 2. The average molecular weight is 409 g/mol. The highest BCUT2D eigenvalue weighted by Crippen LogP contribution is 2.21. The van der Waals surface area contributed by atoms with E-state index < -0.39 is 0 Å². The first kappa shape index (κ1) is 20.3. The molecule has 0 radical (unpaired) electrons. The molecule has 0 saturated carbocycles. The van der Waals surface area contributed by atoms with E-state index in [0.717, 1.165) is 27.9 Å². The monoisotopic (exact) mass is 408 g/mol. The van der Waals surface area contributed by atoms with Crippen molar-refractivity contribution in [1.29, 1.82) is 0 Å². The van der Waals surface area contributed by atoms with E-state index in [4.69, 9.17) is 0 Å². The fourth-order valence-corrected chi connectivity index (χ4v) is 3.32. The van der Waals surface area contributed by atoms with E-state index >= 15 is 0 Å². The second-order valence-corrected chi connectivity index (χ2v) is 7.48. The summed E-state index contributed by atoms with van der Waals surface area (Å²) in [5.74, 6) is 0.358. The Labute approximate surface area is 182 Å². The van der Waals surface area contributed by atoms with Crippen molar-refractivity contribution in [2.45, 2.75) is 20.4 Å². The summed E-state index contributed by atoms with van der Waals surface area (Å²) in [4.78, 5) is 21.4. The number of benzene rings is 3. The van der Waals surface area contributed by atoms with Gasteiger partial charge in [0.2, 0.25) is 5.95 Å². The Morgan fingerprint density at radius 1 is 0.839 bits per heavy atom. The van der Waals surface area contributed by atoms with Crippen LogP contribution in [0.15, 0.2) is 85.2 Å². The number of nitrogens with one attached hydrogen (secondary N) is 2. The van der Waals surface area contributed by atoms with Crippen molar-refractivity contribution in [3.63, 3.8) is 0 Å². The van der Waals surface area contributed by atoms with Crippen LogP contribution in [0.2, 0.25) is 0 Å². The molecule has 0 saturated heterocycles. The zero-order chi connectivity index (χ0) is 21.6. The van der Waals surface area contributed by atoms with Gasteiger partial charge in [0.15, 0.2) is 0 Å². The van der Waals surface area contributed by atoms with Gasteiger partial charge in [0.05, 0.1) is 0 Å². The van der Waals surface area contributed by atoms with Gasteiger partial charge in [-0.1, -0.05) is 60.2 Å². The van der Waals surface area contributed by atoms with Crippen molar-refractivity contribution in [3.05, 3.63) is 107 Å². The van der Waals surface area contributed by atoms with E-state index in [1.807, 2.05) is 55.5 Å². The Bertz CT molecular complexity index is 1200. The second kappa shape index (κ2) is 9.22. The first-order valence-corrected chi connectivity index (χ1v) is 10.2. The summed E-state index contributed by atoms with van der Waals surface area (Å²) in [5.41, 5.74) is 6.83. The predicted molar refractivity (Wildman–Crippen MR) is 124 cm³/mol. The highest BCUT2D eigenvalue weighted by atomic mass is 16.1. The number of aromatic nitrogens is 2. The Morgan fingerprint density at radius 2 is 1.61 bits per heavy atom. The smallest absolute Gasteiger partial charge is 0.251 e. The minimum atomic E-state index is -0.123. The SMILES string of the molecule is Cc1cccc(-c2cnc(Nc3cccc(C(=O)NCc4ccccc4C)c3)nc2)c1. The standard InChI is InChI=1S/C26H24N4O/c1-18-7-5-10-20(13-18)23-16-28-26(29-17-23)30-24-12-6-11-21(14-24)25(31)27-15-22-9-4-3-8-19(22)2/h3-14,16-17H,15H2,1-2H3,(H,27,31)(H,28,29,30). The molecule has 0 spiro atoms. The molecule has 5 nitrogen and oxygen atoms in total. The number of amides is 1. The fourth-order valence-electron chi connectivity index (χ4n) is 3.32. The van der Waals surface area contributed by atoms with E-state index in [2.05, 4.69) is 39.7 Å². The zero-order valence-electron chi connectivity index (χ0n) is 17.6. The molecule has 2 N–H and O–H groups in total. The maximum atomic E-state index is 12.6. The number of aryl methyl sites for hydroxylation is 2. The fraction of sp³-hybridized carbons (Fsp3) is 0.115. The van der Waals surface area contributed by atoms with Crippen LogP contribution in [0.3, 0.4) is 0 Å². The van der Waals surface area contributed by atoms with Crippen molar-refractivity contribution < 1.29 is 4.79 Å². The maximum absolute atomic E-state index is 12.6. The molecule has 154 valence electrons. The minimum Gasteiger partial charge on any atom is -0.348 e. The third-order valence-corrected chi connectivity index (χ3v) is 5.08. The Hall–Kier alpha value is -3.99. The van der Waals surface area contributed by atoms with E-state index in [1.54, 1.807) is 24.5 Å². The van der Waals surface area contributed by atoms with Gasteiger partial charge in [-0.05, 0) is 48.7 Å². The van der Waals surface area contributed by atoms with Crippen molar-refractivity contribution in [2.75, 3.05) is 5.32 Å². The van der Waals surface area contributed by atoms with Crippen LogP contribution in [-0.4, -0.2) is 15.9 Å². The van der Waals surface area contributed by atoms with Crippen LogP contribution >= 0.6 is 0 Å². The number of nitrogens with zero attached hydrogens (tertiary/aromatic N) is 2. The Kier molecular flexibility index (Phi) is 6.03. The molecule has 1 aromatic heterocycles. The molecular weight excluding hydrogens is 384 g/mol. The van der Waals surface area contributed by atoms with Gasteiger partial charge in [-0.25, -0.2) is 9.97 Å². The van der Waals surface area contributed by atoms with Crippen LogP contribution in [0.4, 0.5) is 11.6 Å². The van der Waals surface area contributed by atoms with Gasteiger partial charge in [0.25, 0.3) is 5.91 Å². The molecule has 0 unspecified atom stereocenters. The summed E-state index contributed by atoms with van der Waals surface area (Å²) < 4.78 is 0. The topological polar surface area (TPSA) is 66.9 Å². The Balaban J connectivity index is 1.42. The molecule has 31 heavy (non-hydrogen) atoms. The molecule has 0 atom stereocenters. The quantitative estimate of drug-likeness (QED) is 0.446. The van der Waals surface area contributed by atoms with Gasteiger partial charge in [-0.15, -0.1) is 0 Å². The summed E-state index contributed by atoms with van der Waals surface area (Å²) in [6.07, 6.45) is 3.59. The van der Waals surface area contributed by atoms with Crippen molar-refractivity contribution in [3.8, 4) is 11.1 Å². The van der Waals surface area contributed by atoms with Crippen molar-refractivity contribution in [2.24, 2.45) is 0 Å². The lowest BCUT2D eigenvalue weighted by Gasteiger charge is -2.10. The average Bonchev–Trinajstić information content (AvgIpc) is 2.79. The molecular formula is C26H24N4O. The molecule has 4 aromatic rings. The highest BCUT2D eigenvalue weighted by molar-refractivity contribution is 5.95. The summed E-state index contributed by atoms with van der Waals surface area (Å²) in [6.45, 7) is 4.59. The highest BCUT2D eigenvalue weighted by Gasteiger charge is 2.08. The van der Waals surface area contributed by atoms with Gasteiger partial charge in [-0.3, -0.25) is 4.79 Å². The number of hydrogen-bond acceptors (Lipinski definition) is 4. The molecule has 5 heteroatoms. The molecule has 1 amide bonds. The van der Waals surface area contributed by atoms with E-state index in [1.165, 1.54) is 5.56 Å². The predicted octanol–water partition coefficient (Wildman–Crippen LogP) is 5.43. The Morgan fingerprint density at radius 3 is 2.39 bits per heavy atom. The van der Waals surface area contributed by atoms with Gasteiger partial charge >= 0.3 is 0 Å².